The molecule has 0 saturated heterocycles. The van der Waals surface area contributed by atoms with Crippen LogP contribution in [0.15, 0.2) is 28.1 Å². The summed E-state index contributed by atoms with van der Waals surface area (Å²) >= 11 is 10.5. The Kier molecular flexibility index (Phi) is 5.33. The molecule has 0 spiro atoms. The van der Waals surface area contributed by atoms with Gasteiger partial charge in [-0.1, -0.05) is 27.5 Å². The van der Waals surface area contributed by atoms with Crippen LogP contribution in [0.3, 0.4) is 0 Å². The largest absolute Gasteiger partial charge is 0.469 e. The van der Waals surface area contributed by atoms with Crippen LogP contribution in [0.25, 0.3) is 0 Å². The number of ether oxygens (including phenoxy) is 1. The maximum Gasteiger partial charge on any atom is 0.311 e. The van der Waals surface area contributed by atoms with Crippen molar-refractivity contribution >= 4 is 55.9 Å². The fourth-order valence-corrected chi connectivity index (χ4v) is 2.77. The molecule has 0 saturated carbocycles. The number of methoxy groups -OCH3 is 1. The fraction of sp³-hybridized carbons (Fsp3) is 0.154. The first-order valence-corrected chi connectivity index (χ1v) is 7.82. The molecule has 1 amide bonds. The Morgan fingerprint density at radius 3 is 2.95 bits per heavy atom. The quantitative estimate of drug-likeness (QED) is 0.812. The van der Waals surface area contributed by atoms with E-state index in [1.165, 1.54) is 18.4 Å². The van der Waals surface area contributed by atoms with E-state index in [0.29, 0.717) is 21.4 Å². The Morgan fingerprint density at radius 1 is 1.48 bits per heavy atom. The predicted molar refractivity (Wildman–Crippen MR) is 84.9 cm³/mol. The van der Waals surface area contributed by atoms with Crippen LogP contribution in [0, 0.1) is 0 Å². The lowest BCUT2D eigenvalue weighted by molar-refractivity contribution is -0.139. The molecule has 0 unspecified atom stereocenters. The molecule has 0 aliphatic heterocycles. The Morgan fingerprint density at radius 2 is 2.24 bits per heavy atom. The van der Waals surface area contributed by atoms with Gasteiger partial charge in [-0.2, -0.15) is 0 Å². The van der Waals surface area contributed by atoms with E-state index < -0.39 is 0 Å². The van der Waals surface area contributed by atoms with Crippen LogP contribution < -0.4 is 5.32 Å². The van der Waals surface area contributed by atoms with Gasteiger partial charge in [0.25, 0.3) is 5.91 Å². The first-order valence-electron chi connectivity index (χ1n) is 5.77. The molecule has 0 aliphatic rings. The van der Waals surface area contributed by atoms with Gasteiger partial charge in [-0.05, 0) is 18.2 Å². The fourth-order valence-electron chi connectivity index (χ4n) is 1.50. The summed E-state index contributed by atoms with van der Waals surface area (Å²) in [7, 11) is 1.31. The standard InChI is InChI=1S/C13H10BrClN2O3S/c1-20-11(18)5-8-6-21-13(16-8)17-12(19)9-4-7(14)2-3-10(9)15/h2-4,6H,5H2,1H3,(H,16,17,19). The molecule has 1 heterocycles. The van der Waals surface area contributed by atoms with E-state index in [9.17, 15) is 9.59 Å². The number of hydrogen-bond donors (Lipinski definition) is 1. The second-order valence-corrected chi connectivity index (χ2v) is 6.16. The highest BCUT2D eigenvalue weighted by atomic mass is 79.9. The van der Waals surface area contributed by atoms with Crippen LogP contribution in [0.1, 0.15) is 16.1 Å². The number of rotatable bonds is 4. The highest BCUT2D eigenvalue weighted by molar-refractivity contribution is 9.10. The summed E-state index contributed by atoms with van der Waals surface area (Å²) in [5.74, 6) is -0.742. The predicted octanol–water partition coefficient (Wildman–Crippen LogP) is 3.53. The molecule has 2 rings (SSSR count). The van der Waals surface area contributed by atoms with Gasteiger partial charge in [0.1, 0.15) is 0 Å². The SMILES string of the molecule is COC(=O)Cc1csc(NC(=O)c2cc(Br)ccc2Cl)n1. The summed E-state index contributed by atoms with van der Waals surface area (Å²) < 4.78 is 5.31. The molecule has 21 heavy (non-hydrogen) atoms. The van der Waals surface area contributed by atoms with Gasteiger partial charge in [-0.3, -0.25) is 14.9 Å². The summed E-state index contributed by atoms with van der Waals surface area (Å²) in [4.78, 5) is 27.4. The number of aromatic nitrogens is 1. The van der Waals surface area contributed by atoms with Crippen LogP contribution in [0.5, 0.6) is 0 Å². The minimum absolute atomic E-state index is 0.0700. The second-order valence-electron chi connectivity index (χ2n) is 3.98. The molecule has 0 radical (unpaired) electrons. The minimum Gasteiger partial charge on any atom is -0.469 e. The molecule has 0 aliphatic carbocycles. The lowest BCUT2D eigenvalue weighted by Gasteiger charge is -2.04. The van der Waals surface area contributed by atoms with Crippen LogP contribution in [0.4, 0.5) is 5.13 Å². The number of benzene rings is 1. The van der Waals surface area contributed by atoms with E-state index in [-0.39, 0.29) is 18.3 Å². The van der Waals surface area contributed by atoms with Crippen molar-refractivity contribution in [1.29, 1.82) is 0 Å². The van der Waals surface area contributed by atoms with Crippen molar-refractivity contribution in [3.63, 3.8) is 0 Å². The number of esters is 1. The number of nitrogens with one attached hydrogen (secondary N) is 1. The Hall–Kier alpha value is -1.44. The van der Waals surface area contributed by atoms with Crippen LogP contribution >= 0.6 is 38.9 Å². The zero-order chi connectivity index (χ0) is 15.4. The topological polar surface area (TPSA) is 68.3 Å². The summed E-state index contributed by atoms with van der Waals surface area (Å²) in [6.45, 7) is 0. The molecule has 1 N–H and O–H groups in total. The lowest BCUT2D eigenvalue weighted by Crippen LogP contribution is -2.12. The van der Waals surface area contributed by atoms with Crippen molar-refractivity contribution in [2.45, 2.75) is 6.42 Å². The van der Waals surface area contributed by atoms with Crippen LogP contribution in [0.2, 0.25) is 5.02 Å². The molecular formula is C13H10BrClN2O3S. The lowest BCUT2D eigenvalue weighted by atomic mass is 10.2. The minimum atomic E-state index is -0.381. The molecule has 8 heteroatoms. The molecule has 0 fully saturated rings. The van der Waals surface area contributed by atoms with Crippen molar-refractivity contribution < 1.29 is 14.3 Å². The number of anilines is 1. The monoisotopic (exact) mass is 388 g/mol. The highest BCUT2D eigenvalue weighted by Gasteiger charge is 2.14. The van der Waals surface area contributed by atoms with Crippen molar-refractivity contribution in [3.8, 4) is 0 Å². The van der Waals surface area contributed by atoms with Gasteiger partial charge in [-0.15, -0.1) is 11.3 Å². The van der Waals surface area contributed by atoms with Crippen LogP contribution in [-0.2, 0) is 16.0 Å². The number of amides is 1. The molecule has 0 bridgehead atoms. The third-order valence-electron chi connectivity index (χ3n) is 2.50. The van der Waals surface area contributed by atoms with Gasteiger partial charge < -0.3 is 4.74 Å². The molecule has 1 aromatic carbocycles. The number of carbonyl (C=O) groups excluding carboxylic acids is 2. The molecule has 2 aromatic rings. The van der Waals surface area contributed by atoms with Crippen molar-refractivity contribution in [2.24, 2.45) is 0 Å². The zero-order valence-corrected chi connectivity index (χ0v) is 14.0. The van der Waals surface area contributed by atoms with E-state index in [0.717, 1.165) is 4.47 Å². The van der Waals surface area contributed by atoms with E-state index in [1.807, 2.05) is 0 Å². The zero-order valence-electron chi connectivity index (χ0n) is 10.9. The number of hydrogen-bond acceptors (Lipinski definition) is 5. The van der Waals surface area contributed by atoms with Crippen molar-refractivity contribution in [3.05, 3.63) is 44.3 Å². The van der Waals surface area contributed by atoms with E-state index in [1.54, 1.807) is 23.6 Å². The number of carbonyl (C=O) groups is 2. The summed E-state index contributed by atoms with van der Waals surface area (Å²) in [5.41, 5.74) is 0.887. The normalized spacial score (nSPS) is 10.2. The van der Waals surface area contributed by atoms with Gasteiger partial charge >= 0.3 is 5.97 Å². The van der Waals surface area contributed by atoms with Gasteiger partial charge in [0.15, 0.2) is 5.13 Å². The smallest absolute Gasteiger partial charge is 0.311 e. The number of halogens is 2. The Bertz CT molecular complexity index is 690. The molecule has 1 aromatic heterocycles. The number of thiazole rings is 1. The highest BCUT2D eigenvalue weighted by Crippen LogP contribution is 2.23. The molecule has 110 valence electrons. The van der Waals surface area contributed by atoms with Gasteiger partial charge in [-0.25, -0.2) is 4.98 Å². The Balaban J connectivity index is 2.09. The molecule has 0 atom stereocenters. The first-order chi connectivity index (χ1) is 9.99. The molecule has 5 nitrogen and oxygen atoms in total. The molecular weight excluding hydrogens is 380 g/mol. The third-order valence-corrected chi connectivity index (χ3v) is 4.13. The first kappa shape index (κ1) is 15.9. The second kappa shape index (κ2) is 7.02. The van der Waals surface area contributed by atoms with Crippen LogP contribution in [-0.4, -0.2) is 24.0 Å². The van der Waals surface area contributed by atoms with Gasteiger partial charge in [0.05, 0.1) is 29.8 Å². The van der Waals surface area contributed by atoms with Crippen molar-refractivity contribution in [1.82, 2.24) is 4.98 Å². The van der Waals surface area contributed by atoms with E-state index in [2.05, 4.69) is 31.0 Å². The summed E-state index contributed by atoms with van der Waals surface area (Å²) in [6.07, 6.45) is 0.0700. The maximum atomic E-state index is 12.1. The van der Waals surface area contributed by atoms with E-state index >= 15 is 0 Å². The average molecular weight is 390 g/mol. The maximum absolute atomic E-state index is 12.1. The summed E-state index contributed by atoms with van der Waals surface area (Å²) in [5, 5.41) is 5.09. The van der Waals surface area contributed by atoms with E-state index in [4.69, 9.17) is 11.6 Å². The van der Waals surface area contributed by atoms with Gasteiger partial charge in [0.2, 0.25) is 0 Å². The Labute approximate surface area is 138 Å². The third kappa shape index (κ3) is 4.26. The van der Waals surface area contributed by atoms with Crippen molar-refractivity contribution in [2.75, 3.05) is 12.4 Å². The summed E-state index contributed by atoms with van der Waals surface area (Å²) in [6, 6.07) is 5.00. The average Bonchev–Trinajstić information content (AvgIpc) is 2.88. The van der Waals surface area contributed by atoms with Gasteiger partial charge in [0, 0.05) is 9.85 Å². The number of nitrogens with zero attached hydrogens (tertiary/aromatic N) is 1.